The molecule has 2 amide bonds. The van der Waals surface area contributed by atoms with E-state index >= 15 is 0 Å². The molecule has 5 heteroatoms. The lowest BCUT2D eigenvalue weighted by Crippen LogP contribution is -2.58. The van der Waals surface area contributed by atoms with E-state index in [0.29, 0.717) is 25.1 Å². The second-order valence-corrected chi connectivity index (χ2v) is 6.60. The molecule has 0 radical (unpaired) electrons. The molecule has 4 rings (SSSR count). The zero-order chi connectivity index (χ0) is 18.1. The van der Waals surface area contributed by atoms with Gasteiger partial charge in [-0.25, -0.2) is 0 Å². The van der Waals surface area contributed by atoms with Gasteiger partial charge in [-0.3, -0.25) is 9.59 Å². The minimum atomic E-state index is -0.500. The molecule has 0 unspecified atom stereocenters. The summed E-state index contributed by atoms with van der Waals surface area (Å²) in [5.41, 5.74) is 2.37. The summed E-state index contributed by atoms with van der Waals surface area (Å²) in [4.78, 5) is 27.2. The van der Waals surface area contributed by atoms with Crippen LogP contribution in [0.3, 0.4) is 0 Å². The Morgan fingerprint density at radius 3 is 2.81 bits per heavy atom. The maximum Gasteiger partial charge on any atom is 0.254 e. The van der Waals surface area contributed by atoms with Crippen molar-refractivity contribution in [3.8, 4) is 0 Å². The highest BCUT2D eigenvalue weighted by molar-refractivity contribution is 6.00. The number of furan rings is 1. The van der Waals surface area contributed by atoms with Crippen molar-refractivity contribution in [1.29, 1.82) is 0 Å². The highest BCUT2D eigenvalue weighted by atomic mass is 16.3. The van der Waals surface area contributed by atoms with Crippen molar-refractivity contribution in [2.75, 3.05) is 13.1 Å². The van der Waals surface area contributed by atoms with E-state index in [2.05, 4.69) is 5.32 Å². The molecule has 1 aromatic heterocycles. The van der Waals surface area contributed by atoms with Gasteiger partial charge in [-0.15, -0.1) is 0 Å². The van der Waals surface area contributed by atoms with Crippen molar-refractivity contribution in [2.45, 2.75) is 19.4 Å². The van der Waals surface area contributed by atoms with Gasteiger partial charge < -0.3 is 14.6 Å². The van der Waals surface area contributed by atoms with Crippen LogP contribution in [0.25, 0.3) is 11.0 Å². The summed E-state index contributed by atoms with van der Waals surface area (Å²) in [7, 11) is 0. The maximum absolute atomic E-state index is 13.1. The smallest absolute Gasteiger partial charge is 0.254 e. The van der Waals surface area contributed by atoms with Crippen molar-refractivity contribution >= 4 is 22.8 Å². The van der Waals surface area contributed by atoms with E-state index in [-0.39, 0.29) is 11.8 Å². The predicted octanol–water partition coefficient (Wildman–Crippen LogP) is 2.92. The van der Waals surface area contributed by atoms with Crippen LogP contribution in [-0.2, 0) is 11.2 Å². The summed E-state index contributed by atoms with van der Waals surface area (Å²) >= 11 is 0. The van der Waals surface area contributed by atoms with Gasteiger partial charge in [0.25, 0.3) is 5.91 Å². The molecule has 26 heavy (non-hydrogen) atoms. The summed E-state index contributed by atoms with van der Waals surface area (Å²) in [5.74, 6) is 0.583. The molecule has 1 saturated heterocycles. The molecule has 2 heterocycles. The van der Waals surface area contributed by atoms with Gasteiger partial charge in [0.1, 0.15) is 17.4 Å². The number of hydrogen-bond acceptors (Lipinski definition) is 3. The molecule has 2 aromatic carbocycles. The average molecular weight is 348 g/mol. The van der Waals surface area contributed by atoms with Crippen LogP contribution in [0.1, 0.15) is 21.7 Å². The van der Waals surface area contributed by atoms with Crippen molar-refractivity contribution in [3.63, 3.8) is 0 Å². The molecule has 0 aliphatic carbocycles. The van der Waals surface area contributed by atoms with Gasteiger partial charge in [0.2, 0.25) is 5.91 Å². The summed E-state index contributed by atoms with van der Waals surface area (Å²) < 4.78 is 5.58. The number of rotatable bonds is 3. The third-order valence-electron chi connectivity index (χ3n) is 4.75. The molecule has 0 bridgehead atoms. The van der Waals surface area contributed by atoms with E-state index in [1.54, 1.807) is 11.0 Å². The van der Waals surface area contributed by atoms with Gasteiger partial charge in [0.15, 0.2) is 0 Å². The van der Waals surface area contributed by atoms with Gasteiger partial charge in [0.05, 0.1) is 0 Å². The molecule has 1 aliphatic rings. The zero-order valence-electron chi connectivity index (χ0n) is 14.6. The Kier molecular flexibility index (Phi) is 4.21. The molecule has 0 saturated carbocycles. The number of amides is 2. The molecule has 1 fully saturated rings. The van der Waals surface area contributed by atoms with Crippen LogP contribution < -0.4 is 5.32 Å². The fourth-order valence-electron chi connectivity index (χ4n) is 3.47. The average Bonchev–Trinajstić information content (AvgIpc) is 3.03. The Hall–Kier alpha value is -3.08. The Labute approximate surface area is 151 Å². The third kappa shape index (κ3) is 3.08. The number of carbonyl (C=O) groups excluding carboxylic acids is 2. The first-order valence-corrected chi connectivity index (χ1v) is 8.74. The number of fused-ring (bicyclic) bond motifs is 1. The number of aryl methyl sites for hydroxylation is 1. The normalized spacial score (nSPS) is 17.3. The number of hydrogen-bond donors (Lipinski definition) is 1. The van der Waals surface area contributed by atoms with Crippen LogP contribution in [0.4, 0.5) is 0 Å². The van der Waals surface area contributed by atoms with Crippen LogP contribution in [0, 0.1) is 6.92 Å². The Balaban J connectivity index is 1.63. The van der Waals surface area contributed by atoms with Gasteiger partial charge in [0, 0.05) is 30.5 Å². The second kappa shape index (κ2) is 6.67. The predicted molar refractivity (Wildman–Crippen MR) is 98.9 cm³/mol. The molecule has 0 spiro atoms. The standard InChI is InChI=1S/C21H20N2O3/c1-14-11-17-13-16(7-8-19(17)26-14)21(25)23-10-9-22-20(24)18(23)12-15-5-3-2-4-6-15/h2-8,11,13,18H,9-10,12H2,1H3,(H,22,24)/t18-/m0/s1. The van der Waals surface area contributed by atoms with Gasteiger partial charge >= 0.3 is 0 Å². The van der Waals surface area contributed by atoms with E-state index in [1.807, 2.05) is 55.5 Å². The Morgan fingerprint density at radius 2 is 2.00 bits per heavy atom. The largest absolute Gasteiger partial charge is 0.461 e. The molecule has 3 aromatic rings. The van der Waals surface area contributed by atoms with Gasteiger partial charge in [-0.05, 0) is 36.8 Å². The minimum absolute atomic E-state index is 0.103. The SMILES string of the molecule is Cc1cc2cc(C(=O)N3CCNC(=O)[C@@H]3Cc3ccccc3)ccc2o1. The Bertz CT molecular complexity index is 962. The quantitative estimate of drug-likeness (QED) is 0.792. The topological polar surface area (TPSA) is 62.6 Å². The van der Waals surface area contributed by atoms with Crippen molar-refractivity contribution in [3.05, 3.63) is 71.5 Å². The van der Waals surface area contributed by atoms with Gasteiger partial charge in [-0.2, -0.15) is 0 Å². The van der Waals surface area contributed by atoms with Crippen molar-refractivity contribution in [1.82, 2.24) is 10.2 Å². The lowest BCUT2D eigenvalue weighted by atomic mass is 10.0. The summed E-state index contributed by atoms with van der Waals surface area (Å²) in [6, 6.07) is 16.6. The van der Waals surface area contributed by atoms with Crippen molar-refractivity contribution < 1.29 is 14.0 Å². The van der Waals surface area contributed by atoms with Crippen LogP contribution in [0.5, 0.6) is 0 Å². The molecule has 132 valence electrons. The molecular weight excluding hydrogens is 328 g/mol. The lowest BCUT2D eigenvalue weighted by molar-refractivity contribution is -0.127. The molecule has 1 atom stereocenters. The fourth-order valence-corrected chi connectivity index (χ4v) is 3.47. The highest BCUT2D eigenvalue weighted by Crippen LogP contribution is 2.22. The van der Waals surface area contributed by atoms with E-state index in [1.165, 1.54) is 0 Å². The zero-order valence-corrected chi connectivity index (χ0v) is 14.6. The first-order chi connectivity index (χ1) is 12.6. The van der Waals surface area contributed by atoms with Crippen LogP contribution in [-0.4, -0.2) is 35.8 Å². The number of benzene rings is 2. The monoisotopic (exact) mass is 348 g/mol. The lowest BCUT2D eigenvalue weighted by Gasteiger charge is -2.35. The number of nitrogens with one attached hydrogen (secondary N) is 1. The van der Waals surface area contributed by atoms with E-state index in [0.717, 1.165) is 22.3 Å². The molecule has 1 aliphatic heterocycles. The first-order valence-electron chi connectivity index (χ1n) is 8.74. The number of carbonyl (C=O) groups is 2. The third-order valence-corrected chi connectivity index (χ3v) is 4.75. The second-order valence-electron chi connectivity index (χ2n) is 6.60. The minimum Gasteiger partial charge on any atom is -0.461 e. The van der Waals surface area contributed by atoms with E-state index in [9.17, 15) is 9.59 Å². The highest BCUT2D eigenvalue weighted by Gasteiger charge is 2.33. The molecule has 5 nitrogen and oxygen atoms in total. The molecular formula is C21H20N2O3. The van der Waals surface area contributed by atoms with E-state index in [4.69, 9.17) is 4.42 Å². The molecule has 1 N–H and O–H groups in total. The summed E-state index contributed by atoms with van der Waals surface area (Å²) in [6.45, 7) is 2.86. The Morgan fingerprint density at radius 1 is 1.19 bits per heavy atom. The fraction of sp³-hybridized carbons (Fsp3) is 0.238. The summed E-state index contributed by atoms with van der Waals surface area (Å²) in [6.07, 6.45) is 0.505. The first kappa shape index (κ1) is 16.4. The van der Waals surface area contributed by atoms with Crippen LogP contribution in [0.15, 0.2) is 59.0 Å². The van der Waals surface area contributed by atoms with Gasteiger partial charge in [-0.1, -0.05) is 30.3 Å². The summed E-state index contributed by atoms with van der Waals surface area (Å²) in [5, 5.41) is 3.77. The van der Waals surface area contributed by atoms with Crippen molar-refractivity contribution in [2.24, 2.45) is 0 Å². The van der Waals surface area contributed by atoms with Crippen LogP contribution in [0.2, 0.25) is 0 Å². The van der Waals surface area contributed by atoms with E-state index < -0.39 is 6.04 Å². The number of piperazine rings is 1. The van der Waals surface area contributed by atoms with Crippen LogP contribution >= 0.6 is 0 Å². The number of nitrogens with zero attached hydrogens (tertiary/aromatic N) is 1. The maximum atomic E-state index is 13.1.